The Bertz CT molecular complexity index is 504. The van der Waals surface area contributed by atoms with Gasteiger partial charge in [0.2, 0.25) is 5.91 Å². The molecule has 6 nitrogen and oxygen atoms in total. The zero-order valence-electron chi connectivity index (χ0n) is 11.5. The third-order valence-electron chi connectivity index (χ3n) is 2.52. The maximum atomic E-state index is 11.8. The molecule has 0 unspecified atom stereocenters. The maximum absolute atomic E-state index is 11.8. The summed E-state index contributed by atoms with van der Waals surface area (Å²) in [4.78, 5) is 23.4. The fourth-order valence-corrected chi connectivity index (χ4v) is 1.92. The molecule has 0 fully saturated rings. The number of methoxy groups -OCH3 is 3. The summed E-state index contributed by atoms with van der Waals surface area (Å²) in [6, 6.07) is 2.99. The first-order chi connectivity index (χ1) is 9.57. The van der Waals surface area contributed by atoms with Gasteiger partial charge in [-0.15, -0.1) is 0 Å². The third kappa shape index (κ3) is 3.86. The minimum atomic E-state index is -0.569. The summed E-state index contributed by atoms with van der Waals surface area (Å²) < 4.78 is 15.0. The maximum Gasteiger partial charge on any atom is 0.340 e. The van der Waals surface area contributed by atoms with Crippen molar-refractivity contribution >= 4 is 33.5 Å². The first-order valence-corrected chi connectivity index (χ1v) is 6.89. The van der Waals surface area contributed by atoms with E-state index >= 15 is 0 Å². The highest BCUT2D eigenvalue weighted by Gasteiger charge is 2.18. The molecule has 0 heterocycles. The van der Waals surface area contributed by atoms with Crippen LogP contribution < -0.4 is 14.8 Å². The van der Waals surface area contributed by atoms with E-state index in [9.17, 15) is 9.59 Å². The van der Waals surface area contributed by atoms with Crippen LogP contribution in [0.5, 0.6) is 11.5 Å². The topological polar surface area (TPSA) is 73.9 Å². The summed E-state index contributed by atoms with van der Waals surface area (Å²) in [5.41, 5.74) is 0.522. The zero-order chi connectivity index (χ0) is 15.1. The van der Waals surface area contributed by atoms with E-state index < -0.39 is 5.97 Å². The van der Waals surface area contributed by atoms with Crippen molar-refractivity contribution in [2.75, 3.05) is 32.0 Å². The van der Waals surface area contributed by atoms with Crippen LogP contribution in [0, 0.1) is 0 Å². The van der Waals surface area contributed by atoms with Crippen molar-refractivity contribution in [2.45, 2.75) is 6.42 Å². The van der Waals surface area contributed by atoms with Gasteiger partial charge in [-0.25, -0.2) is 4.79 Å². The van der Waals surface area contributed by atoms with Crippen LogP contribution in [-0.2, 0) is 9.53 Å². The highest BCUT2D eigenvalue weighted by atomic mass is 79.9. The van der Waals surface area contributed by atoms with Crippen LogP contribution in [0.2, 0.25) is 0 Å². The van der Waals surface area contributed by atoms with Gasteiger partial charge in [0, 0.05) is 23.9 Å². The van der Waals surface area contributed by atoms with E-state index in [0.29, 0.717) is 22.5 Å². The molecule has 0 bridgehead atoms. The van der Waals surface area contributed by atoms with Crippen LogP contribution >= 0.6 is 15.9 Å². The van der Waals surface area contributed by atoms with Crippen LogP contribution in [0.25, 0.3) is 0 Å². The Morgan fingerprint density at radius 3 is 2.25 bits per heavy atom. The number of anilines is 1. The lowest BCUT2D eigenvalue weighted by Crippen LogP contribution is -2.15. The number of rotatable bonds is 6. The number of carbonyl (C=O) groups excluding carboxylic acids is 2. The fourth-order valence-electron chi connectivity index (χ4n) is 1.56. The van der Waals surface area contributed by atoms with Crippen molar-refractivity contribution in [1.82, 2.24) is 0 Å². The molecule has 7 heteroatoms. The molecule has 0 radical (unpaired) electrons. The van der Waals surface area contributed by atoms with Gasteiger partial charge >= 0.3 is 5.97 Å². The lowest BCUT2D eigenvalue weighted by atomic mass is 10.1. The number of carbonyl (C=O) groups is 2. The molecule has 1 N–H and O–H groups in total. The first-order valence-electron chi connectivity index (χ1n) is 5.77. The Hall–Kier alpha value is -1.76. The van der Waals surface area contributed by atoms with Gasteiger partial charge in [-0.1, -0.05) is 15.9 Å². The molecule has 0 aliphatic carbocycles. The lowest BCUT2D eigenvalue weighted by molar-refractivity contribution is -0.115. The van der Waals surface area contributed by atoms with Gasteiger partial charge < -0.3 is 19.5 Å². The summed E-state index contributed by atoms with van der Waals surface area (Å²) in [6.07, 6.45) is 0.287. The van der Waals surface area contributed by atoms with Gasteiger partial charge in [-0.3, -0.25) is 4.79 Å². The van der Waals surface area contributed by atoms with Gasteiger partial charge in [0.1, 0.15) is 0 Å². The van der Waals surface area contributed by atoms with E-state index in [4.69, 9.17) is 14.2 Å². The van der Waals surface area contributed by atoms with E-state index in [1.54, 1.807) is 0 Å². The summed E-state index contributed by atoms with van der Waals surface area (Å²) in [6.45, 7) is 0. The Morgan fingerprint density at radius 2 is 1.75 bits per heavy atom. The average molecular weight is 346 g/mol. The molecule has 0 atom stereocenters. The van der Waals surface area contributed by atoms with E-state index in [2.05, 4.69) is 21.2 Å². The number of alkyl halides is 1. The highest BCUT2D eigenvalue weighted by Crippen LogP contribution is 2.33. The number of halogens is 1. The summed E-state index contributed by atoms with van der Waals surface area (Å²) in [5, 5.41) is 3.17. The lowest BCUT2D eigenvalue weighted by Gasteiger charge is -2.14. The fraction of sp³-hybridized carbons (Fsp3) is 0.385. The minimum absolute atomic E-state index is 0.202. The number of hydrogen-bond donors (Lipinski definition) is 1. The number of hydrogen-bond acceptors (Lipinski definition) is 5. The molecule has 0 saturated heterocycles. The summed E-state index contributed by atoms with van der Waals surface area (Å²) >= 11 is 3.18. The molecule has 0 aliphatic heterocycles. The average Bonchev–Trinajstić information content (AvgIpc) is 2.46. The largest absolute Gasteiger partial charge is 0.493 e. The van der Waals surface area contributed by atoms with Crippen LogP contribution in [0.1, 0.15) is 16.8 Å². The molecule has 0 aliphatic rings. The van der Waals surface area contributed by atoms with Gasteiger partial charge in [0.25, 0.3) is 0 Å². The predicted molar refractivity (Wildman–Crippen MR) is 77.9 cm³/mol. The summed E-state index contributed by atoms with van der Waals surface area (Å²) in [7, 11) is 4.20. The number of esters is 1. The summed E-state index contributed by atoms with van der Waals surface area (Å²) in [5.74, 6) is 0.0000269. The Morgan fingerprint density at radius 1 is 1.15 bits per heavy atom. The molecule has 0 saturated carbocycles. The zero-order valence-corrected chi connectivity index (χ0v) is 13.1. The van der Waals surface area contributed by atoms with Crippen LogP contribution in [-0.4, -0.2) is 38.5 Å². The van der Waals surface area contributed by atoms with Crippen molar-refractivity contribution in [3.63, 3.8) is 0 Å². The van der Waals surface area contributed by atoms with E-state index in [1.807, 2.05) is 0 Å². The second-order valence-electron chi connectivity index (χ2n) is 3.73. The van der Waals surface area contributed by atoms with Crippen molar-refractivity contribution < 1.29 is 23.8 Å². The number of benzene rings is 1. The quantitative estimate of drug-likeness (QED) is 0.632. The number of ether oxygens (including phenoxy) is 3. The molecule has 1 aromatic carbocycles. The number of nitrogens with one attached hydrogen (secondary N) is 1. The SMILES string of the molecule is COC(=O)c1cc(OC)c(OC)cc1NC(=O)CCBr. The number of amides is 1. The van der Waals surface area contributed by atoms with Gasteiger partial charge in [0.05, 0.1) is 32.6 Å². The van der Waals surface area contributed by atoms with Crippen LogP contribution in [0.15, 0.2) is 12.1 Å². The molecular weight excluding hydrogens is 330 g/mol. The molecular formula is C13H16BrNO5. The molecule has 0 spiro atoms. The molecule has 1 rings (SSSR count). The van der Waals surface area contributed by atoms with Crippen molar-refractivity contribution in [3.05, 3.63) is 17.7 Å². The minimum Gasteiger partial charge on any atom is -0.493 e. The van der Waals surface area contributed by atoms with Gasteiger partial charge in [-0.05, 0) is 0 Å². The van der Waals surface area contributed by atoms with Crippen molar-refractivity contribution in [2.24, 2.45) is 0 Å². The normalized spacial score (nSPS) is 9.80. The second kappa shape index (κ2) is 7.74. The Labute approximate surface area is 125 Å². The van der Waals surface area contributed by atoms with Crippen molar-refractivity contribution in [3.8, 4) is 11.5 Å². The monoisotopic (exact) mass is 345 g/mol. The molecule has 110 valence electrons. The Balaban J connectivity index is 3.23. The van der Waals surface area contributed by atoms with Gasteiger partial charge in [-0.2, -0.15) is 0 Å². The van der Waals surface area contributed by atoms with Crippen LogP contribution in [0.3, 0.4) is 0 Å². The van der Waals surface area contributed by atoms with E-state index in [0.717, 1.165) is 0 Å². The molecule has 0 aromatic heterocycles. The standard InChI is InChI=1S/C13H16BrNO5/c1-18-10-6-8(13(17)20-3)9(7-11(10)19-2)15-12(16)4-5-14/h6-7H,4-5H2,1-3H3,(H,15,16). The smallest absolute Gasteiger partial charge is 0.340 e. The van der Waals surface area contributed by atoms with Crippen molar-refractivity contribution in [1.29, 1.82) is 0 Å². The molecule has 1 aromatic rings. The third-order valence-corrected chi connectivity index (χ3v) is 2.92. The van der Waals surface area contributed by atoms with E-state index in [-0.39, 0.29) is 17.9 Å². The predicted octanol–water partition coefficient (Wildman–Crippen LogP) is 2.21. The highest BCUT2D eigenvalue weighted by molar-refractivity contribution is 9.09. The van der Waals surface area contributed by atoms with Crippen LogP contribution in [0.4, 0.5) is 5.69 Å². The van der Waals surface area contributed by atoms with Gasteiger partial charge in [0.15, 0.2) is 11.5 Å². The Kier molecular flexibility index (Phi) is 6.30. The second-order valence-corrected chi connectivity index (χ2v) is 4.52. The van der Waals surface area contributed by atoms with E-state index in [1.165, 1.54) is 33.5 Å². The molecule has 1 amide bonds. The molecule has 20 heavy (non-hydrogen) atoms. The first kappa shape index (κ1) is 16.3.